The lowest BCUT2D eigenvalue weighted by molar-refractivity contribution is -0.120. The molecule has 4 nitrogen and oxygen atoms in total. The molecule has 1 heterocycles. The first-order valence-electron chi connectivity index (χ1n) is 4.52. The maximum atomic E-state index is 11.0. The molecule has 1 N–H and O–H groups in total. The van der Waals surface area contributed by atoms with E-state index < -0.39 is 0 Å². The Morgan fingerprint density at radius 3 is 3.07 bits per heavy atom. The van der Waals surface area contributed by atoms with Gasteiger partial charge in [0, 0.05) is 32.1 Å². The molecular weight excluding hydrogens is 202 g/mol. The molecule has 0 aliphatic rings. The fourth-order valence-electron chi connectivity index (χ4n) is 1.12. The fraction of sp³-hybridized carbons (Fsp3) is 0.556. The number of aromatic nitrogens is 2. The van der Waals surface area contributed by atoms with E-state index in [1.54, 1.807) is 10.9 Å². The molecule has 5 heteroatoms. The molecule has 0 aliphatic heterocycles. The van der Waals surface area contributed by atoms with Crippen LogP contribution >= 0.6 is 11.6 Å². The largest absolute Gasteiger partial charge is 0.356 e. The molecule has 1 aromatic rings. The van der Waals surface area contributed by atoms with Crippen molar-refractivity contribution in [2.45, 2.75) is 12.8 Å². The number of halogens is 1. The van der Waals surface area contributed by atoms with E-state index in [2.05, 4.69) is 10.4 Å². The Labute approximate surface area is 88.2 Å². The number of carbonyl (C=O) groups is 1. The third kappa shape index (κ3) is 3.79. The maximum absolute atomic E-state index is 11.0. The molecule has 1 aromatic heterocycles. The Morgan fingerprint density at radius 1 is 1.71 bits per heavy atom. The topological polar surface area (TPSA) is 46.9 Å². The normalized spacial score (nSPS) is 10.1. The van der Waals surface area contributed by atoms with Crippen LogP contribution in [0.2, 0.25) is 0 Å². The molecular formula is C9H14ClN3O. The summed E-state index contributed by atoms with van der Waals surface area (Å²) < 4.78 is 1.75. The Hall–Kier alpha value is -1.03. The van der Waals surface area contributed by atoms with E-state index in [1.807, 2.05) is 13.2 Å². The van der Waals surface area contributed by atoms with Crippen molar-refractivity contribution in [3.63, 3.8) is 0 Å². The summed E-state index contributed by atoms with van der Waals surface area (Å²) in [4.78, 5) is 11.0. The molecule has 14 heavy (non-hydrogen) atoms. The van der Waals surface area contributed by atoms with E-state index in [9.17, 15) is 4.79 Å². The van der Waals surface area contributed by atoms with Crippen molar-refractivity contribution >= 4 is 17.5 Å². The van der Waals surface area contributed by atoms with E-state index in [1.165, 1.54) is 0 Å². The summed E-state index contributed by atoms with van der Waals surface area (Å²) in [5.41, 5.74) is 1.12. The molecule has 0 saturated carbocycles. The van der Waals surface area contributed by atoms with Crippen molar-refractivity contribution < 1.29 is 4.79 Å². The highest BCUT2D eigenvalue weighted by molar-refractivity contribution is 6.18. The summed E-state index contributed by atoms with van der Waals surface area (Å²) in [6, 6.07) is 0. The summed E-state index contributed by atoms with van der Waals surface area (Å²) >= 11 is 5.42. The van der Waals surface area contributed by atoms with Crippen LogP contribution in [0.5, 0.6) is 0 Å². The van der Waals surface area contributed by atoms with E-state index >= 15 is 0 Å². The van der Waals surface area contributed by atoms with Crippen LogP contribution in [-0.2, 0) is 18.3 Å². The van der Waals surface area contributed by atoms with Crippen LogP contribution < -0.4 is 5.32 Å². The van der Waals surface area contributed by atoms with Crippen LogP contribution in [0.4, 0.5) is 0 Å². The number of carbonyl (C=O) groups excluding carboxylic acids is 1. The molecule has 0 aromatic carbocycles. The van der Waals surface area contributed by atoms with Gasteiger partial charge in [-0.25, -0.2) is 0 Å². The van der Waals surface area contributed by atoms with E-state index in [0.717, 1.165) is 12.0 Å². The lowest BCUT2D eigenvalue weighted by Crippen LogP contribution is -2.25. The van der Waals surface area contributed by atoms with Gasteiger partial charge in [-0.1, -0.05) is 0 Å². The Balaban J connectivity index is 2.18. The highest BCUT2D eigenvalue weighted by Gasteiger charge is 2.00. The van der Waals surface area contributed by atoms with Gasteiger partial charge >= 0.3 is 0 Å². The zero-order valence-corrected chi connectivity index (χ0v) is 8.92. The first kappa shape index (κ1) is 11.0. The van der Waals surface area contributed by atoms with Gasteiger partial charge in [0.05, 0.1) is 6.20 Å². The zero-order valence-electron chi connectivity index (χ0n) is 8.16. The van der Waals surface area contributed by atoms with Crippen molar-refractivity contribution in [2.75, 3.05) is 12.4 Å². The van der Waals surface area contributed by atoms with Crippen molar-refractivity contribution in [1.82, 2.24) is 15.1 Å². The molecule has 0 fully saturated rings. The predicted molar refractivity (Wildman–Crippen MR) is 55.3 cm³/mol. The third-order valence-electron chi connectivity index (χ3n) is 1.82. The fourth-order valence-corrected chi connectivity index (χ4v) is 1.29. The minimum Gasteiger partial charge on any atom is -0.356 e. The molecule has 0 saturated heterocycles. The average Bonchev–Trinajstić information content (AvgIpc) is 2.52. The first-order valence-corrected chi connectivity index (χ1v) is 5.06. The van der Waals surface area contributed by atoms with Crippen LogP contribution in [0.15, 0.2) is 12.4 Å². The second-order valence-corrected chi connectivity index (χ2v) is 3.44. The third-order valence-corrected chi connectivity index (χ3v) is 2.00. The molecule has 0 unspecified atom stereocenters. The molecule has 1 rings (SSSR count). The molecule has 0 atom stereocenters. The lowest BCUT2D eigenvalue weighted by atomic mass is 10.2. The van der Waals surface area contributed by atoms with Crippen molar-refractivity contribution in [1.29, 1.82) is 0 Å². The molecule has 78 valence electrons. The smallest absolute Gasteiger partial charge is 0.221 e. The number of alkyl halides is 1. The van der Waals surface area contributed by atoms with Crippen LogP contribution in [0.3, 0.4) is 0 Å². The van der Waals surface area contributed by atoms with Gasteiger partial charge in [-0.15, -0.1) is 11.6 Å². The summed E-state index contributed by atoms with van der Waals surface area (Å²) in [5, 5.41) is 6.81. The quantitative estimate of drug-likeness (QED) is 0.736. The minimum atomic E-state index is 0.00360. The van der Waals surface area contributed by atoms with Gasteiger partial charge in [0.15, 0.2) is 0 Å². The second kappa shape index (κ2) is 5.65. The van der Waals surface area contributed by atoms with Crippen molar-refractivity contribution in [3.8, 4) is 0 Å². The number of hydrogen-bond acceptors (Lipinski definition) is 2. The van der Waals surface area contributed by atoms with E-state index in [0.29, 0.717) is 18.8 Å². The monoisotopic (exact) mass is 215 g/mol. The summed E-state index contributed by atoms with van der Waals surface area (Å²) in [7, 11) is 1.87. The van der Waals surface area contributed by atoms with E-state index in [-0.39, 0.29) is 5.91 Å². The number of rotatable bonds is 5. The van der Waals surface area contributed by atoms with E-state index in [4.69, 9.17) is 11.6 Å². The Kier molecular flexibility index (Phi) is 4.46. The lowest BCUT2D eigenvalue weighted by Gasteiger charge is -2.01. The minimum absolute atomic E-state index is 0.00360. The van der Waals surface area contributed by atoms with Gasteiger partial charge in [0.2, 0.25) is 5.91 Å². The summed E-state index contributed by atoms with van der Waals surface area (Å²) in [6.45, 7) is 0.640. The van der Waals surface area contributed by atoms with Gasteiger partial charge < -0.3 is 5.32 Å². The number of nitrogens with one attached hydrogen (secondary N) is 1. The van der Waals surface area contributed by atoms with Crippen LogP contribution in [0.25, 0.3) is 0 Å². The van der Waals surface area contributed by atoms with Gasteiger partial charge in [-0.3, -0.25) is 9.48 Å². The summed E-state index contributed by atoms with van der Waals surface area (Å²) in [5.74, 6) is 0.377. The molecule has 0 spiro atoms. The SMILES string of the molecule is Cn1cc(CCNC(=O)CCCl)cn1. The first-order chi connectivity index (χ1) is 6.72. The predicted octanol–water partition coefficient (Wildman–Crippen LogP) is 0.708. The van der Waals surface area contributed by atoms with Crippen LogP contribution in [-0.4, -0.2) is 28.1 Å². The number of hydrogen-bond donors (Lipinski definition) is 1. The van der Waals surface area contributed by atoms with Crippen molar-refractivity contribution in [3.05, 3.63) is 18.0 Å². The molecule has 0 bridgehead atoms. The highest BCUT2D eigenvalue weighted by atomic mass is 35.5. The molecule has 0 radical (unpaired) electrons. The van der Waals surface area contributed by atoms with Crippen LogP contribution in [0, 0.1) is 0 Å². The van der Waals surface area contributed by atoms with Gasteiger partial charge in [-0.05, 0) is 12.0 Å². The van der Waals surface area contributed by atoms with Gasteiger partial charge in [0.1, 0.15) is 0 Å². The van der Waals surface area contributed by atoms with Gasteiger partial charge in [-0.2, -0.15) is 5.10 Å². The number of nitrogens with zero attached hydrogens (tertiary/aromatic N) is 2. The maximum Gasteiger partial charge on any atom is 0.221 e. The number of aryl methyl sites for hydroxylation is 1. The summed E-state index contributed by atoms with van der Waals surface area (Å²) in [6.07, 6.45) is 4.93. The highest BCUT2D eigenvalue weighted by Crippen LogP contribution is 1.96. The van der Waals surface area contributed by atoms with Crippen LogP contribution in [0.1, 0.15) is 12.0 Å². The second-order valence-electron chi connectivity index (χ2n) is 3.06. The van der Waals surface area contributed by atoms with Crippen molar-refractivity contribution in [2.24, 2.45) is 7.05 Å². The number of amides is 1. The zero-order chi connectivity index (χ0) is 10.4. The average molecular weight is 216 g/mol. The standard InChI is InChI=1S/C9H14ClN3O/c1-13-7-8(6-12-13)3-5-11-9(14)2-4-10/h6-7H,2-5H2,1H3,(H,11,14). The molecule has 1 amide bonds. The van der Waals surface area contributed by atoms with Gasteiger partial charge in [0.25, 0.3) is 0 Å². The Morgan fingerprint density at radius 2 is 2.50 bits per heavy atom. The Bertz CT molecular complexity index is 298. The molecule has 0 aliphatic carbocycles.